The average Bonchev–Trinajstić information content (AvgIpc) is 3.01. The molecule has 0 unspecified atom stereocenters. The zero-order chi connectivity index (χ0) is 19.4. The first-order valence-corrected chi connectivity index (χ1v) is 10.2. The van der Waals surface area contributed by atoms with Crippen molar-refractivity contribution in [3.05, 3.63) is 40.2 Å². The van der Waals surface area contributed by atoms with Gasteiger partial charge in [0, 0.05) is 42.2 Å². The van der Waals surface area contributed by atoms with Crippen molar-refractivity contribution in [1.82, 2.24) is 14.9 Å². The van der Waals surface area contributed by atoms with Gasteiger partial charge in [-0.25, -0.2) is 9.37 Å². The molecule has 0 spiro atoms. The quantitative estimate of drug-likeness (QED) is 0.748. The summed E-state index contributed by atoms with van der Waals surface area (Å²) in [6, 6.07) is 0. The van der Waals surface area contributed by atoms with Crippen molar-refractivity contribution < 1.29 is 13.9 Å². The van der Waals surface area contributed by atoms with Crippen molar-refractivity contribution in [2.24, 2.45) is 5.92 Å². The van der Waals surface area contributed by atoms with E-state index in [0.29, 0.717) is 18.0 Å². The van der Waals surface area contributed by atoms with Crippen molar-refractivity contribution in [3.8, 4) is 5.88 Å². The molecule has 2 aromatic heterocycles. The molecule has 1 aliphatic heterocycles. The maximum Gasteiger partial charge on any atom is 0.237 e. The van der Waals surface area contributed by atoms with Crippen LogP contribution in [0.3, 0.4) is 0 Å². The first kappa shape index (κ1) is 19.9. The summed E-state index contributed by atoms with van der Waals surface area (Å²) in [5.41, 5.74) is 1.01. The topological polar surface area (TPSA) is 55.3 Å². The van der Waals surface area contributed by atoms with Gasteiger partial charge in [-0.3, -0.25) is 14.7 Å². The van der Waals surface area contributed by atoms with Gasteiger partial charge in [-0.1, -0.05) is 0 Å². The minimum absolute atomic E-state index is 0.00713. The molecule has 0 N–H and O–H groups in total. The molecule has 7 heteroatoms. The fourth-order valence-electron chi connectivity index (χ4n) is 3.23. The number of likely N-dealkylation sites (tertiary alicyclic amines) is 1. The van der Waals surface area contributed by atoms with E-state index in [0.717, 1.165) is 31.6 Å². The molecular weight excluding hydrogens is 365 g/mol. The number of hydrogen-bond donors (Lipinski definition) is 0. The van der Waals surface area contributed by atoms with Gasteiger partial charge in [-0.15, -0.1) is 11.3 Å². The lowest BCUT2D eigenvalue weighted by molar-refractivity contribution is -0.123. The van der Waals surface area contributed by atoms with Crippen LogP contribution >= 0.6 is 11.3 Å². The van der Waals surface area contributed by atoms with E-state index in [1.165, 1.54) is 16.7 Å². The van der Waals surface area contributed by atoms with E-state index in [1.54, 1.807) is 17.8 Å². The zero-order valence-corrected chi connectivity index (χ0v) is 16.9. The third kappa shape index (κ3) is 5.56. The molecule has 2 aromatic rings. The summed E-state index contributed by atoms with van der Waals surface area (Å²) >= 11 is 1.30. The number of halogens is 1. The van der Waals surface area contributed by atoms with Crippen LogP contribution in [-0.2, 0) is 17.8 Å². The number of ketones is 1. The van der Waals surface area contributed by atoms with Crippen molar-refractivity contribution in [1.29, 1.82) is 0 Å². The van der Waals surface area contributed by atoms with E-state index >= 15 is 0 Å². The molecule has 0 saturated carbocycles. The van der Waals surface area contributed by atoms with Crippen LogP contribution in [0.5, 0.6) is 5.88 Å². The Morgan fingerprint density at radius 2 is 1.96 bits per heavy atom. The van der Waals surface area contributed by atoms with Crippen molar-refractivity contribution in [3.63, 3.8) is 0 Å². The number of rotatable bonds is 6. The number of aromatic nitrogens is 2. The molecule has 1 fully saturated rings. The normalized spacial score (nSPS) is 16.4. The highest BCUT2D eigenvalue weighted by Gasteiger charge is 2.27. The fraction of sp³-hybridized carbons (Fsp3) is 0.550. The average molecular weight is 392 g/mol. The van der Waals surface area contributed by atoms with Crippen LogP contribution in [0.25, 0.3) is 0 Å². The maximum atomic E-state index is 13.6. The Labute approximate surface area is 163 Å². The third-order valence-corrected chi connectivity index (χ3v) is 5.37. The highest BCUT2D eigenvalue weighted by molar-refractivity contribution is 7.08. The van der Waals surface area contributed by atoms with Gasteiger partial charge >= 0.3 is 0 Å². The van der Waals surface area contributed by atoms with E-state index in [1.807, 2.05) is 20.8 Å². The van der Waals surface area contributed by atoms with E-state index < -0.39 is 0 Å². The van der Waals surface area contributed by atoms with Gasteiger partial charge in [0.15, 0.2) is 0 Å². The van der Waals surface area contributed by atoms with E-state index in [9.17, 15) is 9.18 Å². The second-order valence-electron chi connectivity index (χ2n) is 7.96. The van der Waals surface area contributed by atoms with Gasteiger partial charge in [0.25, 0.3) is 0 Å². The van der Waals surface area contributed by atoms with Gasteiger partial charge in [-0.2, -0.15) is 0 Å². The number of carbonyl (C=O) groups is 1. The van der Waals surface area contributed by atoms with Crippen molar-refractivity contribution in [2.75, 3.05) is 13.1 Å². The van der Waals surface area contributed by atoms with Crippen LogP contribution in [0.1, 0.15) is 44.9 Å². The Morgan fingerprint density at radius 3 is 2.59 bits per heavy atom. The fourth-order valence-corrected chi connectivity index (χ4v) is 3.93. The number of nitrogens with zero attached hydrogens (tertiary/aromatic N) is 3. The first-order valence-electron chi connectivity index (χ1n) is 9.26. The standard InChI is InChI=1S/C20H26FN3O2S/c1-20(2,3)26-19-17(22-6-7-23-19)11-24-8-4-14(5-9-24)18(25)10-15-12-27-13-16(15)21/h6-7,12-14H,4-5,8-11H2,1-3H3. The Kier molecular flexibility index (Phi) is 6.22. The first-order chi connectivity index (χ1) is 12.8. The predicted octanol–water partition coefficient (Wildman–Crippen LogP) is 3.88. The molecule has 5 nitrogen and oxygen atoms in total. The van der Waals surface area contributed by atoms with Gasteiger partial charge in [0.05, 0.1) is 0 Å². The van der Waals surface area contributed by atoms with Crippen LogP contribution in [0.4, 0.5) is 4.39 Å². The molecular formula is C20H26FN3O2S. The molecule has 0 radical (unpaired) electrons. The molecule has 1 saturated heterocycles. The largest absolute Gasteiger partial charge is 0.471 e. The summed E-state index contributed by atoms with van der Waals surface area (Å²) in [6.07, 6.45) is 5.10. The van der Waals surface area contributed by atoms with E-state index in [-0.39, 0.29) is 29.5 Å². The summed E-state index contributed by atoms with van der Waals surface area (Å²) in [7, 11) is 0. The highest BCUT2D eigenvalue weighted by atomic mass is 32.1. The molecule has 0 bridgehead atoms. The second-order valence-corrected chi connectivity index (χ2v) is 8.70. The molecule has 146 valence electrons. The third-order valence-electron chi connectivity index (χ3n) is 4.61. The van der Waals surface area contributed by atoms with Crippen LogP contribution in [-0.4, -0.2) is 39.3 Å². The second kappa shape index (κ2) is 8.44. The Bertz CT molecular complexity index is 780. The number of piperidine rings is 1. The number of thiophene rings is 1. The molecule has 0 aromatic carbocycles. The molecule has 0 amide bonds. The molecule has 3 heterocycles. The molecule has 3 rings (SSSR count). The van der Waals surface area contributed by atoms with Crippen molar-refractivity contribution >= 4 is 17.1 Å². The molecule has 0 aliphatic carbocycles. The minimum Gasteiger partial charge on any atom is -0.471 e. The summed E-state index contributed by atoms with van der Waals surface area (Å²) in [5, 5.41) is 3.18. The van der Waals surface area contributed by atoms with Crippen LogP contribution in [0.2, 0.25) is 0 Å². The Balaban J connectivity index is 1.54. The summed E-state index contributed by atoms with van der Waals surface area (Å²) in [5.74, 6) is 0.451. The van der Waals surface area contributed by atoms with Crippen LogP contribution < -0.4 is 4.74 Å². The lowest BCUT2D eigenvalue weighted by atomic mass is 9.89. The lowest BCUT2D eigenvalue weighted by Gasteiger charge is -2.31. The summed E-state index contributed by atoms with van der Waals surface area (Å²) in [6.45, 7) is 8.23. The molecule has 27 heavy (non-hydrogen) atoms. The smallest absolute Gasteiger partial charge is 0.237 e. The van der Waals surface area contributed by atoms with Crippen LogP contribution in [0.15, 0.2) is 23.2 Å². The van der Waals surface area contributed by atoms with E-state index in [2.05, 4.69) is 14.9 Å². The van der Waals surface area contributed by atoms with E-state index in [4.69, 9.17) is 4.74 Å². The van der Waals surface area contributed by atoms with Gasteiger partial charge in [-0.05, 0) is 52.1 Å². The molecule has 0 atom stereocenters. The van der Waals surface area contributed by atoms with Gasteiger partial charge < -0.3 is 4.74 Å². The van der Waals surface area contributed by atoms with Crippen LogP contribution in [0, 0.1) is 11.7 Å². The predicted molar refractivity (Wildman–Crippen MR) is 103 cm³/mol. The number of Topliss-reactive ketones (excluding diaryl/α,β-unsaturated/α-hetero) is 1. The summed E-state index contributed by atoms with van der Waals surface area (Å²) in [4.78, 5) is 23.5. The Hall–Kier alpha value is -1.86. The highest BCUT2D eigenvalue weighted by Crippen LogP contribution is 2.25. The van der Waals surface area contributed by atoms with Gasteiger partial charge in [0.2, 0.25) is 5.88 Å². The lowest BCUT2D eigenvalue weighted by Crippen LogP contribution is -2.37. The minimum atomic E-state index is -0.332. The Morgan fingerprint density at radius 1 is 1.26 bits per heavy atom. The zero-order valence-electron chi connectivity index (χ0n) is 16.1. The number of carbonyl (C=O) groups excluding carboxylic acids is 1. The summed E-state index contributed by atoms with van der Waals surface area (Å²) < 4.78 is 19.5. The monoisotopic (exact) mass is 391 g/mol. The maximum absolute atomic E-state index is 13.6. The SMILES string of the molecule is CC(C)(C)Oc1nccnc1CN1CCC(C(=O)Cc2cscc2F)CC1. The van der Waals surface area contributed by atoms with Crippen molar-refractivity contribution in [2.45, 2.75) is 52.2 Å². The number of hydrogen-bond acceptors (Lipinski definition) is 6. The molecule has 1 aliphatic rings. The number of ether oxygens (including phenoxy) is 1. The van der Waals surface area contributed by atoms with Gasteiger partial charge in [0.1, 0.15) is 22.9 Å².